The van der Waals surface area contributed by atoms with Crippen LogP contribution in [0.5, 0.6) is 0 Å². The summed E-state index contributed by atoms with van der Waals surface area (Å²) in [5.74, 6) is 2.55. The second-order valence-corrected chi connectivity index (χ2v) is 10.5. The van der Waals surface area contributed by atoms with Crippen LogP contribution in [0.25, 0.3) is 0 Å². The van der Waals surface area contributed by atoms with Crippen molar-refractivity contribution in [3.8, 4) is 0 Å². The van der Waals surface area contributed by atoms with Crippen molar-refractivity contribution in [1.82, 2.24) is 15.1 Å². The largest absolute Gasteiger partial charge is 0.381 e. The van der Waals surface area contributed by atoms with Gasteiger partial charge in [-0.2, -0.15) is 0 Å². The summed E-state index contributed by atoms with van der Waals surface area (Å²) in [7, 11) is 1.73. The Morgan fingerprint density at radius 2 is 1.82 bits per heavy atom. The van der Waals surface area contributed by atoms with Crippen LogP contribution in [0.2, 0.25) is 0 Å². The lowest BCUT2D eigenvalue weighted by molar-refractivity contribution is -0.137. The quantitative estimate of drug-likeness (QED) is 0.720. The molecule has 1 saturated carbocycles. The standard InChI is InChI=1S/C27H39N3O3/c1-28-26(31)25-3-2-13-29(25)14-10-19-4-6-20(7-5-19)23-9-8-22-17-30(18-24(22)23)27(32)21-11-15-33-16-12-21/h4-7,21-25H,2-3,8-18H2,1H3,(H,28,31). The summed E-state index contributed by atoms with van der Waals surface area (Å²) < 4.78 is 5.45. The maximum Gasteiger partial charge on any atom is 0.237 e. The topological polar surface area (TPSA) is 61.9 Å². The Kier molecular flexibility index (Phi) is 7.02. The second-order valence-electron chi connectivity index (χ2n) is 10.5. The molecule has 1 aromatic rings. The molecule has 4 atom stereocenters. The number of nitrogens with one attached hydrogen (secondary N) is 1. The van der Waals surface area contributed by atoms with Gasteiger partial charge in [0.2, 0.25) is 11.8 Å². The van der Waals surface area contributed by atoms with E-state index in [1.54, 1.807) is 7.05 Å². The molecule has 3 saturated heterocycles. The molecule has 0 spiro atoms. The summed E-state index contributed by atoms with van der Waals surface area (Å²) in [6, 6.07) is 9.26. The van der Waals surface area contributed by atoms with Gasteiger partial charge in [-0.25, -0.2) is 0 Å². The average molecular weight is 454 g/mol. The van der Waals surface area contributed by atoms with Crippen molar-refractivity contribution in [3.05, 3.63) is 35.4 Å². The number of amides is 2. The highest BCUT2D eigenvalue weighted by atomic mass is 16.5. The number of hydrogen-bond acceptors (Lipinski definition) is 4. The van der Waals surface area contributed by atoms with Crippen molar-refractivity contribution in [1.29, 1.82) is 0 Å². The van der Waals surface area contributed by atoms with Crippen LogP contribution < -0.4 is 5.32 Å². The maximum absolute atomic E-state index is 13.0. The van der Waals surface area contributed by atoms with E-state index in [2.05, 4.69) is 39.4 Å². The van der Waals surface area contributed by atoms with Crippen molar-refractivity contribution in [3.63, 3.8) is 0 Å². The predicted molar refractivity (Wildman–Crippen MR) is 128 cm³/mol. The highest BCUT2D eigenvalue weighted by Gasteiger charge is 2.45. The molecule has 3 heterocycles. The number of rotatable bonds is 6. The van der Waals surface area contributed by atoms with E-state index in [-0.39, 0.29) is 17.9 Å². The number of hydrogen-bond donors (Lipinski definition) is 1. The highest BCUT2D eigenvalue weighted by Crippen LogP contribution is 2.48. The first-order chi connectivity index (χ1) is 16.1. The molecule has 4 unspecified atom stereocenters. The normalized spacial score (nSPS) is 30.5. The number of likely N-dealkylation sites (N-methyl/N-ethyl adjacent to an activating group) is 1. The van der Waals surface area contributed by atoms with Crippen LogP contribution in [0.1, 0.15) is 55.6 Å². The third-order valence-electron chi connectivity index (χ3n) is 8.75. The minimum atomic E-state index is 0.0406. The molecule has 0 radical (unpaired) electrons. The van der Waals surface area contributed by atoms with Gasteiger partial charge in [0.15, 0.2) is 0 Å². The van der Waals surface area contributed by atoms with Crippen LogP contribution in [0.3, 0.4) is 0 Å². The molecule has 4 aliphatic rings. The number of likely N-dealkylation sites (tertiary alicyclic amines) is 2. The fourth-order valence-corrected chi connectivity index (χ4v) is 6.82. The second kappa shape index (κ2) is 10.1. The summed E-state index contributed by atoms with van der Waals surface area (Å²) in [6.07, 6.45) is 7.32. The van der Waals surface area contributed by atoms with E-state index in [1.807, 2.05) is 0 Å². The fraction of sp³-hybridized carbons (Fsp3) is 0.704. The molecule has 3 aliphatic heterocycles. The molecule has 1 N–H and O–H groups in total. The van der Waals surface area contributed by atoms with E-state index in [9.17, 15) is 9.59 Å². The Labute approximate surface area is 198 Å². The first-order valence-electron chi connectivity index (χ1n) is 13.0. The maximum atomic E-state index is 13.0. The van der Waals surface area contributed by atoms with Crippen LogP contribution in [-0.4, -0.2) is 74.1 Å². The van der Waals surface area contributed by atoms with Gasteiger partial charge in [0.1, 0.15) is 0 Å². The van der Waals surface area contributed by atoms with Crippen LogP contribution in [-0.2, 0) is 20.7 Å². The minimum absolute atomic E-state index is 0.0406. The predicted octanol–water partition coefficient (Wildman–Crippen LogP) is 2.82. The van der Waals surface area contributed by atoms with E-state index in [0.717, 1.165) is 71.5 Å². The molecular weight excluding hydrogens is 414 g/mol. The van der Waals surface area contributed by atoms with Crippen LogP contribution in [0.15, 0.2) is 24.3 Å². The Balaban J connectivity index is 1.16. The van der Waals surface area contributed by atoms with E-state index in [1.165, 1.54) is 24.0 Å². The van der Waals surface area contributed by atoms with E-state index < -0.39 is 0 Å². The molecule has 2 amide bonds. The number of fused-ring (bicyclic) bond motifs is 1. The number of carbonyl (C=O) groups is 2. The van der Waals surface area contributed by atoms with E-state index in [0.29, 0.717) is 23.7 Å². The molecule has 4 fully saturated rings. The molecule has 1 aliphatic carbocycles. The molecule has 0 aromatic heterocycles. The van der Waals surface area contributed by atoms with Crippen molar-refractivity contribution >= 4 is 11.8 Å². The van der Waals surface area contributed by atoms with Crippen molar-refractivity contribution in [2.75, 3.05) is 46.4 Å². The number of carbonyl (C=O) groups excluding carboxylic acids is 2. The van der Waals surface area contributed by atoms with Gasteiger partial charge >= 0.3 is 0 Å². The van der Waals surface area contributed by atoms with Gasteiger partial charge in [0.25, 0.3) is 0 Å². The first-order valence-corrected chi connectivity index (χ1v) is 13.0. The monoisotopic (exact) mass is 453 g/mol. The third-order valence-corrected chi connectivity index (χ3v) is 8.75. The molecule has 0 bridgehead atoms. The minimum Gasteiger partial charge on any atom is -0.381 e. The zero-order valence-corrected chi connectivity index (χ0v) is 20.0. The lowest BCUT2D eigenvalue weighted by Crippen LogP contribution is -2.42. The Bertz CT molecular complexity index is 836. The van der Waals surface area contributed by atoms with Gasteiger partial charge in [-0.05, 0) is 80.4 Å². The summed E-state index contributed by atoms with van der Waals surface area (Å²) in [6.45, 7) is 5.31. The van der Waals surface area contributed by atoms with E-state index >= 15 is 0 Å². The van der Waals surface area contributed by atoms with Crippen LogP contribution in [0.4, 0.5) is 0 Å². The number of benzene rings is 1. The molecule has 6 heteroatoms. The fourth-order valence-electron chi connectivity index (χ4n) is 6.82. The summed E-state index contributed by atoms with van der Waals surface area (Å²) >= 11 is 0. The lowest BCUT2D eigenvalue weighted by atomic mass is 9.86. The molecule has 1 aromatic carbocycles. The van der Waals surface area contributed by atoms with Gasteiger partial charge in [-0.15, -0.1) is 0 Å². The van der Waals surface area contributed by atoms with E-state index in [4.69, 9.17) is 4.74 Å². The van der Waals surface area contributed by atoms with Crippen LogP contribution >= 0.6 is 0 Å². The summed E-state index contributed by atoms with van der Waals surface area (Å²) in [5, 5.41) is 2.81. The third kappa shape index (κ3) is 4.83. The van der Waals surface area contributed by atoms with Crippen LogP contribution in [0, 0.1) is 17.8 Å². The molecule has 5 rings (SSSR count). The number of nitrogens with zero attached hydrogens (tertiary/aromatic N) is 2. The summed E-state index contributed by atoms with van der Waals surface area (Å²) in [5.41, 5.74) is 2.79. The molecule has 33 heavy (non-hydrogen) atoms. The molecule has 6 nitrogen and oxygen atoms in total. The van der Waals surface area contributed by atoms with Gasteiger partial charge < -0.3 is 15.0 Å². The lowest BCUT2D eigenvalue weighted by Gasteiger charge is -2.27. The van der Waals surface area contributed by atoms with Gasteiger partial charge in [0.05, 0.1) is 6.04 Å². The SMILES string of the molecule is CNC(=O)C1CCCN1CCc1ccc(C2CCC3CN(C(=O)C4CCOCC4)CC32)cc1. The van der Waals surface area contributed by atoms with Gasteiger partial charge in [0, 0.05) is 45.8 Å². The van der Waals surface area contributed by atoms with Crippen molar-refractivity contribution < 1.29 is 14.3 Å². The molecule has 180 valence electrons. The Morgan fingerprint density at radius 3 is 2.58 bits per heavy atom. The van der Waals surface area contributed by atoms with Crippen molar-refractivity contribution in [2.45, 2.75) is 56.9 Å². The zero-order chi connectivity index (χ0) is 22.8. The number of ether oxygens (including phenoxy) is 1. The highest BCUT2D eigenvalue weighted by molar-refractivity contribution is 5.81. The molecular formula is C27H39N3O3. The van der Waals surface area contributed by atoms with Gasteiger partial charge in [-0.3, -0.25) is 14.5 Å². The van der Waals surface area contributed by atoms with Gasteiger partial charge in [-0.1, -0.05) is 24.3 Å². The average Bonchev–Trinajstić information content (AvgIpc) is 3.59. The summed E-state index contributed by atoms with van der Waals surface area (Å²) in [4.78, 5) is 29.6. The zero-order valence-electron chi connectivity index (χ0n) is 20.0. The van der Waals surface area contributed by atoms with Crippen molar-refractivity contribution in [2.24, 2.45) is 17.8 Å². The Hall–Kier alpha value is -1.92. The Morgan fingerprint density at radius 1 is 1.03 bits per heavy atom. The first kappa shape index (κ1) is 22.9. The smallest absolute Gasteiger partial charge is 0.237 e.